The van der Waals surface area contributed by atoms with Gasteiger partial charge in [0.2, 0.25) is 5.91 Å². The molecule has 2 aromatic rings. The van der Waals surface area contributed by atoms with Crippen LogP contribution in [-0.4, -0.2) is 29.9 Å². The molecular formula is C17H18BN2O3. The first-order valence-electron chi connectivity index (χ1n) is 7.36. The van der Waals surface area contributed by atoms with Gasteiger partial charge in [0.15, 0.2) is 0 Å². The number of benzene rings is 2. The second kappa shape index (κ2) is 8.15. The smallest absolute Gasteiger partial charge is 0.319 e. The van der Waals surface area contributed by atoms with Crippen molar-refractivity contribution in [3.05, 3.63) is 60.7 Å². The predicted octanol–water partition coefficient (Wildman–Crippen LogP) is -0.0992. The van der Waals surface area contributed by atoms with E-state index < -0.39 is 17.9 Å². The summed E-state index contributed by atoms with van der Waals surface area (Å²) in [5, 5.41) is 12.5. The average molecular weight is 309 g/mol. The Bertz CT molecular complexity index is 610. The van der Waals surface area contributed by atoms with E-state index in [-0.39, 0.29) is 19.7 Å². The number of carboxylic acids is 1. The van der Waals surface area contributed by atoms with E-state index in [1.165, 1.54) is 0 Å². The van der Waals surface area contributed by atoms with Gasteiger partial charge in [-0.2, -0.15) is 0 Å². The van der Waals surface area contributed by atoms with Crippen LogP contribution in [0.4, 0.5) is 0 Å². The molecule has 2 rings (SSSR count). The lowest BCUT2D eigenvalue weighted by Gasteiger charge is -2.21. The van der Waals surface area contributed by atoms with Crippen molar-refractivity contribution in [1.82, 2.24) is 5.23 Å². The molecule has 5 nitrogen and oxygen atoms in total. The van der Waals surface area contributed by atoms with Crippen LogP contribution in [0.25, 0.3) is 0 Å². The van der Waals surface area contributed by atoms with E-state index in [9.17, 15) is 14.7 Å². The Balaban J connectivity index is 2.26. The molecule has 6 heteroatoms. The molecule has 1 radical (unpaired) electrons. The molecule has 0 saturated heterocycles. The largest absolute Gasteiger partial charge is 0.480 e. The molecule has 0 spiro atoms. The van der Waals surface area contributed by atoms with E-state index in [1.807, 2.05) is 42.5 Å². The van der Waals surface area contributed by atoms with Gasteiger partial charge in [0, 0.05) is 6.42 Å². The Morgan fingerprint density at radius 1 is 1.13 bits per heavy atom. The van der Waals surface area contributed by atoms with Crippen molar-refractivity contribution in [3.63, 3.8) is 0 Å². The first-order valence-corrected chi connectivity index (χ1v) is 7.36. The van der Waals surface area contributed by atoms with Crippen LogP contribution < -0.4 is 21.9 Å². The highest BCUT2D eigenvalue weighted by atomic mass is 16.4. The van der Waals surface area contributed by atoms with Crippen LogP contribution in [-0.2, 0) is 9.59 Å². The number of carboxylic acid groups (broad SMARTS) is 1. The lowest BCUT2D eigenvalue weighted by Crippen LogP contribution is -2.59. The Morgan fingerprint density at radius 3 is 2.30 bits per heavy atom. The topological polar surface area (TPSA) is 92.4 Å². The summed E-state index contributed by atoms with van der Waals surface area (Å²) in [6.45, 7) is -0.292. The molecule has 0 saturated carbocycles. The van der Waals surface area contributed by atoms with Gasteiger partial charge < -0.3 is 16.1 Å². The third-order valence-electron chi connectivity index (χ3n) is 3.56. The van der Waals surface area contributed by atoms with Gasteiger partial charge in [-0.25, -0.2) is 0 Å². The third-order valence-corrected chi connectivity index (χ3v) is 3.56. The van der Waals surface area contributed by atoms with Gasteiger partial charge in [-0.1, -0.05) is 65.5 Å². The summed E-state index contributed by atoms with van der Waals surface area (Å²) in [7, 11) is 0. The first-order chi connectivity index (χ1) is 11.1. The number of rotatable bonds is 8. The maximum atomic E-state index is 11.5. The van der Waals surface area contributed by atoms with Gasteiger partial charge in [-0.3, -0.25) is 9.59 Å². The number of carbonyl (C=O) groups is 2. The molecule has 1 amide bonds. The molecule has 0 aliphatic heterocycles. The summed E-state index contributed by atoms with van der Waals surface area (Å²) in [5.74, 6) is -1.52. The summed E-state index contributed by atoms with van der Waals surface area (Å²) in [4.78, 5) is 22.4. The molecule has 23 heavy (non-hydrogen) atoms. The second-order valence-electron chi connectivity index (χ2n) is 5.24. The monoisotopic (exact) mass is 309 g/mol. The standard InChI is InChI=1S/C17H18BN2O3/c19-16(21)12-11-15(17(22)23)20-18(13-7-3-1-4-8-13)14-9-5-2-6-10-14/h1,3-10,15,20H,11-12H2,(H2,19,21)(H,22,23)/t15-/m0/s1. The third kappa shape index (κ3) is 4.97. The molecular weight excluding hydrogens is 291 g/mol. The molecule has 1 atom stereocenters. The van der Waals surface area contributed by atoms with Crippen LogP contribution in [0.2, 0.25) is 0 Å². The zero-order valence-electron chi connectivity index (χ0n) is 12.6. The molecule has 117 valence electrons. The predicted molar refractivity (Wildman–Crippen MR) is 89.7 cm³/mol. The minimum absolute atomic E-state index is 0.0219. The number of nitrogens with two attached hydrogens (primary N) is 1. The number of nitrogens with one attached hydrogen (secondary N) is 1. The zero-order valence-corrected chi connectivity index (χ0v) is 12.6. The minimum Gasteiger partial charge on any atom is -0.480 e. The zero-order chi connectivity index (χ0) is 16.7. The van der Waals surface area contributed by atoms with Crippen molar-refractivity contribution in [2.24, 2.45) is 5.73 Å². The van der Waals surface area contributed by atoms with Gasteiger partial charge in [-0.05, 0) is 12.5 Å². The summed E-state index contributed by atoms with van der Waals surface area (Å²) < 4.78 is 0. The van der Waals surface area contributed by atoms with Crippen LogP contribution in [0, 0.1) is 6.07 Å². The molecule has 4 N–H and O–H groups in total. The SMILES string of the molecule is NC(=O)CC[C@H](NB(c1cc[c]cc1)c1ccccc1)C(=O)O. The van der Waals surface area contributed by atoms with Crippen LogP contribution in [0.1, 0.15) is 12.8 Å². The molecule has 2 aromatic carbocycles. The molecule has 0 bridgehead atoms. The summed E-state index contributed by atoms with van der Waals surface area (Å²) in [5.41, 5.74) is 7.01. The highest BCUT2D eigenvalue weighted by molar-refractivity contribution is 6.83. The Morgan fingerprint density at radius 2 is 1.74 bits per heavy atom. The maximum Gasteiger partial charge on any atom is 0.319 e. The summed E-state index contributed by atoms with van der Waals surface area (Å²) in [6, 6.07) is 19.0. The molecule has 0 aliphatic carbocycles. The van der Waals surface area contributed by atoms with E-state index in [0.717, 1.165) is 10.9 Å². The fourth-order valence-corrected chi connectivity index (χ4v) is 2.39. The number of carbonyl (C=O) groups excluding carboxylic acids is 1. The maximum absolute atomic E-state index is 11.5. The van der Waals surface area contributed by atoms with E-state index in [1.54, 1.807) is 12.1 Å². The van der Waals surface area contributed by atoms with Crippen LogP contribution in [0.5, 0.6) is 0 Å². The van der Waals surface area contributed by atoms with Gasteiger partial charge in [0.05, 0.1) is 6.04 Å². The Kier molecular flexibility index (Phi) is 5.94. The van der Waals surface area contributed by atoms with E-state index in [4.69, 9.17) is 5.73 Å². The molecule has 0 aromatic heterocycles. The quantitative estimate of drug-likeness (QED) is 0.594. The van der Waals surface area contributed by atoms with E-state index >= 15 is 0 Å². The highest BCUT2D eigenvalue weighted by Crippen LogP contribution is 2.00. The molecule has 0 fully saturated rings. The van der Waals surface area contributed by atoms with E-state index in [0.29, 0.717) is 0 Å². The van der Waals surface area contributed by atoms with Gasteiger partial charge in [0.25, 0.3) is 6.85 Å². The number of primary amides is 1. The Hall–Kier alpha value is -2.60. The van der Waals surface area contributed by atoms with Crippen LogP contribution >= 0.6 is 0 Å². The number of aliphatic carboxylic acids is 1. The van der Waals surface area contributed by atoms with Crippen molar-refractivity contribution in [3.8, 4) is 0 Å². The van der Waals surface area contributed by atoms with E-state index in [2.05, 4.69) is 11.3 Å². The number of amides is 1. The Labute approximate surface area is 135 Å². The molecule has 0 aliphatic rings. The van der Waals surface area contributed by atoms with Crippen molar-refractivity contribution >= 4 is 29.6 Å². The van der Waals surface area contributed by atoms with Gasteiger partial charge in [0.1, 0.15) is 0 Å². The minimum atomic E-state index is -1.00. The normalized spacial score (nSPS) is 11.7. The number of hydrogen-bond donors (Lipinski definition) is 3. The van der Waals surface area contributed by atoms with Gasteiger partial charge >= 0.3 is 5.97 Å². The fraction of sp³-hybridized carbons (Fsp3) is 0.176. The summed E-state index contributed by atoms with van der Waals surface area (Å²) in [6.07, 6.45) is 0.168. The van der Waals surface area contributed by atoms with Crippen LogP contribution in [0.3, 0.4) is 0 Å². The van der Waals surface area contributed by atoms with Crippen molar-refractivity contribution in [1.29, 1.82) is 0 Å². The summed E-state index contributed by atoms with van der Waals surface area (Å²) >= 11 is 0. The fourth-order valence-electron chi connectivity index (χ4n) is 2.39. The lowest BCUT2D eigenvalue weighted by atomic mass is 9.50. The molecule has 0 heterocycles. The first kappa shape index (κ1) is 16.8. The average Bonchev–Trinajstić information content (AvgIpc) is 2.56. The van der Waals surface area contributed by atoms with Crippen molar-refractivity contribution in [2.45, 2.75) is 18.9 Å². The second-order valence-corrected chi connectivity index (χ2v) is 5.24. The van der Waals surface area contributed by atoms with Gasteiger partial charge in [-0.15, -0.1) is 0 Å². The van der Waals surface area contributed by atoms with Crippen LogP contribution in [0.15, 0.2) is 54.6 Å². The highest BCUT2D eigenvalue weighted by Gasteiger charge is 2.27. The molecule has 0 unspecified atom stereocenters. The van der Waals surface area contributed by atoms with Crippen molar-refractivity contribution < 1.29 is 14.7 Å². The number of hydrogen-bond acceptors (Lipinski definition) is 3. The lowest BCUT2D eigenvalue weighted by molar-refractivity contribution is -0.139. The van der Waals surface area contributed by atoms with Crippen molar-refractivity contribution in [2.75, 3.05) is 0 Å².